The lowest BCUT2D eigenvalue weighted by molar-refractivity contribution is -0.142. The van der Waals surface area contributed by atoms with E-state index in [1.807, 2.05) is 23.5 Å². The van der Waals surface area contributed by atoms with E-state index in [1.54, 1.807) is 13.8 Å². The third-order valence-electron chi connectivity index (χ3n) is 2.83. The summed E-state index contributed by atoms with van der Waals surface area (Å²) in [5.41, 5.74) is 0. The van der Waals surface area contributed by atoms with Gasteiger partial charge in [-0.15, -0.1) is 0 Å². The highest BCUT2D eigenvalue weighted by Gasteiger charge is 2.23. The summed E-state index contributed by atoms with van der Waals surface area (Å²) in [6.45, 7) is 3.35. The maximum absolute atomic E-state index is 11.7. The minimum Gasteiger partial charge on any atom is -0.481 e. The van der Waals surface area contributed by atoms with Crippen LogP contribution in [0.25, 0.3) is 0 Å². The van der Waals surface area contributed by atoms with Gasteiger partial charge in [0.05, 0.1) is 5.92 Å². The fourth-order valence-electron chi connectivity index (χ4n) is 1.51. The third-order valence-corrected chi connectivity index (χ3v) is 5.67. The molecule has 17 heavy (non-hydrogen) atoms. The topological polar surface area (TPSA) is 66.4 Å². The molecule has 2 N–H and O–H groups in total. The molecule has 3 unspecified atom stereocenters. The summed E-state index contributed by atoms with van der Waals surface area (Å²) >= 11 is 3.72. The van der Waals surface area contributed by atoms with Crippen molar-refractivity contribution in [1.29, 1.82) is 0 Å². The van der Waals surface area contributed by atoms with Crippen LogP contribution < -0.4 is 5.32 Å². The molecule has 1 saturated heterocycles. The summed E-state index contributed by atoms with van der Waals surface area (Å²) in [5, 5.41) is 12.0. The average molecular weight is 277 g/mol. The van der Waals surface area contributed by atoms with Crippen molar-refractivity contribution in [1.82, 2.24) is 5.32 Å². The first-order valence-electron chi connectivity index (χ1n) is 5.72. The van der Waals surface area contributed by atoms with Crippen molar-refractivity contribution >= 4 is 35.4 Å². The molecule has 0 aromatic rings. The fourth-order valence-corrected chi connectivity index (χ4v) is 4.19. The molecule has 6 heteroatoms. The van der Waals surface area contributed by atoms with Gasteiger partial charge in [-0.2, -0.15) is 23.5 Å². The number of hydrogen-bond donors (Lipinski definition) is 2. The Morgan fingerprint density at radius 1 is 1.41 bits per heavy atom. The van der Waals surface area contributed by atoms with Crippen LogP contribution in [0.4, 0.5) is 0 Å². The van der Waals surface area contributed by atoms with E-state index in [1.165, 1.54) is 0 Å². The first-order chi connectivity index (χ1) is 8.00. The standard InChI is InChI=1S/C11H19NO3S2/c1-7(11(14)15)8(2)12-10(13)5-9-6-16-3-4-17-9/h7-9H,3-6H2,1-2H3,(H,12,13)(H,14,15). The molecule has 4 nitrogen and oxygen atoms in total. The van der Waals surface area contributed by atoms with E-state index in [2.05, 4.69) is 5.32 Å². The summed E-state index contributed by atoms with van der Waals surface area (Å²) in [4.78, 5) is 22.5. The number of carboxylic acid groups (broad SMARTS) is 1. The maximum atomic E-state index is 11.7. The molecule has 1 fully saturated rings. The van der Waals surface area contributed by atoms with E-state index in [0.717, 1.165) is 17.3 Å². The lowest BCUT2D eigenvalue weighted by atomic mass is 10.0. The molecular formula is C11H19NO3S2. The number of carboxylic acids is 1. The third kappa shape index (κ3) is 5.21. The second-order valence-electron chi connectivity index (χ2n) is 4.25. The highest BCUT2D eigenvalue weighted by atomic mass is 32.2. The number of carbonyl (C=O) groups is 2. The Morgan fingerprint density at radius 3 is 2.65 bits per heavy atom. The molecule has 0 spiro atoms. The van der Waals surface area contributed by atoms with Crippen LogP contribution >= 0.6 is 23.5 Å². The molecule has 1 aliphatic rings. The first kappa shape index (κ1) is 14.7. The molecule has 0 radical (unpaired) electrons. The number of thioether (sulfide) groups is 2. The van der Waals surface area contributed by atoms with Crippen molar-refractivity contribution in [3.63, 3.8) is 0 Å². The van der Waals surface area contributed by atoms with E-state index in [-0.39, 0.29) is 11.9 Å². The summed E-state index contributed by atoms with van der Waals surface area (Å²) in [7, 11) is 0. The van der Waals surface area contributed by atoms with Crippen molar-refractivity contribution in [3.05, 3.63) is 0 Å². The minimum atomic E-state index is -0.875. The Hall–Kier alpha value is -0.360. The van der Waals surface area contributed by atoms with Crippen molar-refractivity contribution in [2.75, 3.05) is 17.3 Å². The van der Waals surface area contributed by atoms with Crippen LogP contribution in [0.5, 0.6) is 0 Å². The normalized spacial score (nSPS) is 23.8. The Balaban J connectivity index is 2.30. The molecule has 1 amide bonds. The number of rotatable bonds is 5. The molecule has 0 aromatic heterocycles. The van der Waals surface area contributed by atoms with Gasteiger partial charge in [-0.25, -0.2) is 0 Å². The summed E-state index contributed by atoms with van der Waals surface area (Å²) in [5.74, 6) is 1.82. The minimum absolute atomic E-state index is 0.0365. The van der Waals surface area contributed by atoms with Gasteiger partial charge in [0, 0.05) is 35.0 Å². The molecule has 0 saturated carbocycles. The highest BCUT2D eigenvalue weighted by molar-refractivity contribution is 8.06. The van der Waals surface area contributed by atoms with Gasteiger partial charge in [0.1, 0.15) is 0 Å². The lowest BCUT2D eigenvalue weighted by Crippen LogP contribution is -2.41. The molecule has 98 valence electrons. The Bertz CT molecular complexity index is 280. The number of aliphatic carboxylic acids is 1. The monoisotopic (exact) mass is 277 g/mol. The van der Waals surface area contributed by atoms with Gasteiger partial charge in [-0.1, -0.05) is 0 Å². The van der Waals surface area contributed by atoms with Crippen LogP contribution in [0.15, 0.2) is 0 Å². The molecule has 1 rings (SSSR count). The number of nitrogens with one attached hydrogen (secondary N) is 1. The zero-order valence-corrected chi connectivity index (χ0v) is 11.8. The summed E-state index contributed by atoms with van der Waals surface area (Å²) in [6, 6.07) is -0.318. The van der Waals surface area contributed by atoms with E-state index < -0.39 is 11.9 Å². The zero-order valence-electron chi connectivity index (χ0n) is 10.1. The Labute approximate surface area is 110 Å². The quantitative estimate of drug-likeness (QED) is 0.796. The van der Waals surface area contributed by atoms with Crippen LogP contribution in [0, 0.1) is 5.92 Å². The molecule has 1 heterocycles. The van der Waals surface area contributed by atoms with Crippen molar-refractivity contribution in [2.24, 2.45) is 5.92 Å². The first-order valence-corrected chi connectivity index (χ1v) is 7.92. The fraction of sp³-hybridized carbons (Fsp3) is 0.818. The van der Waals surface area contributed by atoms with Gasteiger partial charge in [0.25, 0.3) is 0 Å². The van der Waals surface area contributed by atoms with E-state index in [4.69, 9.17) is 5.11 Å². The predicted molar refractivity (Wildman–Crippen MR) is 72.6 cm³/mol. The Kier molecular flexibility index (Phi) is 6.19. The largest absolute Gasteiger partial charge is 0.481 e. The molecule has 0 bridgehead atoms. The smallest absolute Gasteiger partial charge is 0.308 e. The van der Waals surface area contributed by atoms with Gasteiger partial charge < -0.3 is 10.4 Å². The molecule has 3 atom stereocenters. The summed E-state index contributed by atoms with van der Waals surface area (Å²) in [6.07, 6.45) is 0.494. The lowest BCUT2D eigenvalue weighted by Gasteiger charge is -2.22. The second-order valence-corrected chi connectivity index (χ2v) is 6.81. The number of carbonyl (C=O) groups excluding carboxylic acids is 1. The number of hydrogen-bond acceptors (Lipinski definition) is 4. The van der Waals surface area contributed by atoms with E-state index >= 15 is 0 Å². The summed E-state index contributed by atoms with van der Waals surface area (Å²) < 4.78 is 0. The molecule has 0 aliphatic carbocycles. The van der Waals surface area contributed by atoms with Crippen LogP contribution in [-0.4, -0.2) is 45.5 Å². The van der Waals surface area contributed by atoms with Crippen LogP contribution in [0.3, 0.4) is 0 Å². The average Bonchev–Trinajstić information content (AvgIpc) is 2.28. The molecule has 1 aliphatic heterocycles. The van der Waals surface area contributed by atoms with Crippen LogP contribution in [0.2, 0.25) is 0 Å². The number of amides is 1. The van der Waals surface area contributed by atoms with Crippen molar-refractivity contribution in [3.8, 4) is 0 Å². The molecular weight excluding hydrogens is 258 g/mol. The van der Waals surface area contributed by atoms with Crippen LogP contribution in [0.1, 0.15) is 20.3 Å². The molecule has 0 aromatic carbocycles. The van der Waals surface area contributed by atoms with E-state index in [0.29, 0.717) is 11.7 Å². The van der Waals surface area contributed by atoms with Gasteiger partial charge in [-0.05, 0) is 13.8 Å². The van der Waals surface area contributed by atoms with Gasteiger partial charge in [0.2, 0.25) is 5.91 Å². The van der Waals surface area contributed by atoms with Crippen molar-refractivity contribution < 1.29 is 14.7 Å². The zero-order chi connectivity index (χ0) is 12.8. The van der Waals surface area contributed by atoms with E-state index in [9.17, 15) is 9.59 Å². The Morgan fingerprint density at radius 2 is 2.12 bits per heavy atom. The van der Waals surface area contributed by atoms with Gasteiger partial charge in [-0.3, -0.25) is 9.59 Å². The SMILES string of the molecule is CC(NC(=O)CC1CSCCS1)C(C)C(=O)O. The van der Waals surface area contributed by atoms with Gasteiger partial charge >= 0.3 is 5.97 Å². The highest BCUT2D eigenvalue weighted by Crippen LogP contribution is 2.26. The predicted octanol–water partition coefficient (Wildman–Crippen LogP) is 1.45. The van der Waals surface area contributed by atoms with Crippen LogP contribution in [-0.2, 0) is 9.59 Å². The van der Waals surface area contributed by atoms with Crippen molar-refractivity contribution in [2.45, 2.75) is 31.6 Å². The van der Waals surface area contributed by atoms with Gasteiger partial charge in [0.15, 0.2) is 0 Å². The second kappa shape index (κ2) is 7.16. The maximum Gasteiger partial charge on any atom is 0.308 e.